The summed E-state index contributed by atoms with van der Waals surface area (Å²) in [5, 5.41) is 10.5. The van der Waals surface area contributed by atoms with Crippen LogP contribution in [0.5, 0.6) is 0 Å². The van der Waals surface area contributed by atoms with Gasteiger partial charge in [-0.05, 0) is 48.8 Å². The van der Waals surface area contributed by atoms with Crippen LogP contribution in [0.2, 0.25) is 0 Å². The lowest BCUT2D eigenvalue weighted by atomic mass is 9.66. The molecule has 0 aliphatic heterocycles. The molecule has 0 aromatic carbocycles. The molecule has 3 N–H and O–H groups in total. The van der Waals surface area contributed by atoms with Crippen LogP contribution < -0.4 is 5.73 Å². The standard InChI is InChI=1S/C14H22N2O/c1-3-14(17)10(2)8-12(9-13(14)15)11-4-6-16-7-5-11/h4-7,10,12-13,17H,3,8-9,15H2,1-2H3/t10-,12+,13+,14+/m0/s1. The predicted molar refractivity (Wildman–Crippen MR) is 68.6 cm³/mol. The molecule has 0 amide bonds. The number of pyridine rings is 1. The first-order chi connectivity index (χ1) is 8.08. The van der Waals surface area contributed by atoms with E-state index < -0.39 is 5.60 Å². The molecule has 0 bridgehead atoms. The fourth-order valence-corrected chi connectivity index (χ4v) is 3.12. The first-order valence-electron chi connectivity index (χ1n) is 6.45. The van der Waals surface area contributed by atoms with E-state index >= 15 is 0 Å². The highest BCUT2D eigenvalue weighted by atomic mass is 16.3. The molecular formula is C14H22N2O. The van der Waals surface area contributed by atoms with Gasteiger partial charge in [0, 0.05) is 18.4 Å². The summed E-state index contributed by atoms with van der Waals surface area (Å²) in [6, 6.07) is 3.98. The summed E-state index contributed by atoms with van der Waals surface area (Å²) in [4.78, 5) is 4.04. The van der Waals surface area contributed by atoms with Crippen molar-refractivity contribution >= 4 is 0 Å². The van der Waals surface area contributed by atoms with Crippen LogP contribution >= 0.6 is 0 Å². The Hall–Kier alpha value is -0.930. The normalized spacial score (nSPS) is 38.0. The molecule has 0 radical (unpaired) electrons. The quantitative estimate of drug-likeness (QED) is 0.823. The molecular weight excluding hydrogens is 212 g/mol. The van der Waals surface area contributed by atoms with Gasteiger partial charge in [-0.1, -0.05) is 13.8 Å². The molecule has 17 heavy (non-hydrogen) atoms. The van der Waals surface area contributed by atoms with Crippen LogP contribution in [0.15, 0.2) is 24.5 Å². The first-order valence-corrected chi connectivity index (χ1v) is 6.45. The molecule has 0 unspecified atom stereocenters. The molecule has 1 aromatic rings. The molecule has 1 aromatic heterocycles. The van der Waals surface area contributed by atoms with E-state index in [1.807, 2.05) is 19.3 Å². The molecule has 3 heteroatoms. The number of aliphatic hydroxyl groups is 1. The third-order valence-electron chi connectivity index (χ3n) is 4.42. The van der Waals surface area contributed by atoms with Crippen LogP contribution in [0.1, 0.15) is 44.6 Å². The van der Waals surface area contributed by atoms with E-state index in [4.69, 9.17) is 5.73 Å². The van der Waals surface area contributed by atoms with E-state index in [2.05, 4.69) is 24.0 Å². The SMILES string of the molecule is CC[C@]1(O)[C@H](N)C[C@H](c2ccncc2)C[C@@H]1C. The Bertz CT molecular complexity index is 354. The summed E-state index contributed by atoms with van der Waals surface area (Å²) < 4.78 is 0. The average molecular weight is 234 g/mol. The van der Waals surface area contributed by atoms with Crippen molar-refractivity contribution in [2.45, 2.75) is 50.7 Å². The number of hydrogen-bond acceptors (Lipinski definition) is 3. The van der Waals surface area contributed by atoms with Gasteiger partial charge in [-0.15, -0.1) is 0 Å². The van der Waals surface area contributed by atoms with Gasteiger partial charge in [0.05, 0.1) is 5.60 Å². The molecule has 4 atom stereocenters. The molecule has 0 spiro atoms. The highest BCUT2D eigenvalue weighted by Crippen LogP contribution is 2.42. The Morgan fingerprint density at radius 1 is 1.41 bits per heavy atom. The lowest BCUT2D eigenvalue weighted by molar-refractivity contribution is -0.0652. The number of aromatic nitrogens is 1. The van der Waals surface area contributed by atoms with Gasteiger partial charge in [-0.25, -0.2) is 0 Å². The molecule has 1 saturated carbocycles. The summed E-state index contributed by atoms with van der Waals surface area (Å²) in [5.41, 5.74) is 6.78. The monoisotopic (exact) mass is 234 g/mol. The van der Waals surface area contributed by atoms with Gasteiger partial charge in [-0.2, -0.15) is 0 Å². The van der Waals surface area contributed by atoms with Crippen LogP contribution in [0.3, 0.4) is 0 Å². The maximum absolute atomic E-state index is 10.5. The van der Waals surface area contributed by atoms with Crippen LogP contribution in [0.25, 0.3) is 0 Å². The zero-order valence-corrected chi connectivity index (χ0v) is 10.6. The first kappa shape index (κ1) is 12.5. The fraction of sp³-hybridized carbons (Fsp3) is 0.643. The van der Waals surface area contributed by atoms with E-state index in [-0.39, 0.29) is 12.0 Å². The second-order valence-corrected chi connectivity index (χ2v) is 5.30. The molecule has 3 nitrogen and oxygen atoms in total. The summed E-state index contributed by atoms with van der Waals surface area (Å²) >= 11 is 0. The summed E-state index contributed by atoms with van der Waals surface area (Å²) in [6.07, 6.45) is 6.25. The lowest BCUT2D eigenvalue weighted by Gasteiger charge is -2.45. The minimum absolute atomic E-state index is 0.130. The molecule has 94 valence electrons. The molecule has 2 rings (SSSR count). The van der Waals surface area contributed by atoms with Crippen LogP contribution in [-0.4, -0.2) is 21.7 Å². The average Bonchev–Trinajstić information content (AvgIpc) is 2.36. The maximum Gasteiger partial charge on any atom is 0.0821 e. The largest absolute Gasteiger partial charge is 0.388 e. The van der Waals surface area contributed by atoms with Crippen molar-refractivity contribution in [3.8, 4) is 0 Å². The van der Waals surface area contributed by atoms with E-state index in [1.54, 1.807) is 0 Å². The Morgan fingerprint density at radius 3 is 2.59 bits per heavy atom. The van der Waals surface area contributed by atoms with E-state index in [9.17, 15) is 5.11 Å². The second-order valence-electron chi connectivity index (χ2n) is 5.30. The summed E-state index contributed by atoms with van der Waals surface area (Å²) in [6.45, 7) is 4.12. The second kappa shape index (κ2) is 4.75. The van der Waals surface area contributed by atoms with Crippen molar-refractivity contribution in [2.24, 2.45) is 11.7 Å². The molecule has 1 aliphatic carbocycles. The van der Waals surface area contributed by atoms with Gasteiger partial charge < -0.3 is 10.8 Å². The number of rotatable bonds is 2. The predicted octanol–water partition coefficient (Wildman–Crippen LogP) is 2.06. The topological polar surface area (TPSA) is 59.1 Å². The molecule has 0 saturated heterocycles. The van der Waals surface area contributed by atoms with Crippen molar-refractivity contribution in [1.82, 2.24) is 4.98 Å². The van der Waals surface area contributed by atoms with E-state index in [0.29, 0.717) is 5.92 Å². The van der Waals surface area contributed by atoms with Crippen molar-refractivity contribution in [3.63, 3.8) is 0 Å². The Kier molecular flexibility index (Phi) is 3.50. The van der Waals surface area contributed by atoms with Crippen molar-refractivity contribution in [3.05, 3.63) is 30.1 Å². The number of nitrogens with two attached hydrogens (primary N) is 1. The minimum Gasteiger partial charge on any atom is -0.388 e. The maximum atomic E-state index is 10.5. The van der Waals surface area contributed by atoms with Crippen LogP contribution in [0, 0.1) is 5.92 Å². The van der Waals surface area contributed by atoms with E-state index in [0.717, 1.165) is 19.3 Å². The molecule has 1 aliphatic rings. The summed E-state index contributed by atoms with van der Waals surface area (Å²) in [7, 11) is 0. The highest BCUT2D eigenvalue weighted by molar-refractivity contribution is 5.19. The Labute approximate surface area is 103 Å². The van der Waals surface area contributed by atoms with Gasteiger partial charge in [-0.3, -0.25) is 4.98 Å². The van der Waals surface area contributed by atoms with Crippen molar-refractivity contribution in [1.29, 1.82) is 0 Å². The molecule has 1 fully saturated rings. The van der Waals surface area contributed by atoms with Gasteiger partial charge in [0.1, 0.15) is 0 Å². The fourth-order valence-electron chi connectivity index (χ4n) is 3.12. The van der Waals surface area contributed by atoms with E-state index in [1.165, 1.54) is 5.56 Å². The lowest BCUT2D eigenvalue weighted by Crippen LogP contribution is -2.56. The van der Waals surface area contributed by atoms with Crippen LogP contribution in [-0.2, 0) is 0 Å². The van der Waals surface area contributed by atoms with Crippen LogP contribution in [0.4, 0.5) is 0 Å². The minimum atomic E-state index is -0.691. The Balaban J connectivity index is 2.17. The van der Waals surface area contributed by atoms with Crippen molar-refractivity contribution < 1.29 is 5.11 Å². The number of hydrogen-bond donors (Lipinski definition) is 2. The zero-order valence-electron chi connectivity index (χ0n) is 10.6. The highest BCUT2D eigenvalue weighted by Gasteiger charge is 2.44. The van der Waals surface area contributed by atoms with Gasteiger partial charge in [0.15, 0.2) is 0 Å². The van der Waals surface area contributed by atoms with Gasteiger partial charge >= 0.3 is 0 Å². The smallest absolute Gasteiger partial charge is 0.0821 e. The third kappa shape index (κ3) is 2.22. The van der Waals surface area contributed by atoms with Gasteiger partial charge in [0.25, 0.3) is 0 Å². The Morgan fingerprint density at radius 2 is 2.06 bits per heavy atom. The van der Waals surface area contributed by atoms with Crippen molar-refractivity contribution in [2.75, 3.05) is 0 Å². The number of nitrogens with zero attached hydrogens (tertiary/aromatic N) is 1. The molecule has 1 heterocycles. The zero-order chi connectivity index (χ0) is 12.5. The summed E-state index contributed by atoms with van der Waals surface area (Å²) in [5.74, 6) is 0.698. The van der Waals surface area contributed by atoms with Gasteiger partial charge in [0.2, 0.25) is 0 Å². The third-order valence-corrected chi connectivity index (χ3v) is 4.42.